The Kier molecular flexibility index (Phi) is 7.15. The van der Waals surface area contributed by atoms with E-state index in [1.807, 2.05) is 0 Å². The third kappa shape index (κ3) is 5.75. The topological polar surface area (TPSA) is 109 Å². The number of hydrogen-bond acceptors (Lipinski definition) is 5. The van der Waals surface area contributed by atoms with Gasteiger partial charge < -0.3 is 20.7 Å². The van der Waals surface area contributed by atoms with Gasteiger partial charge in [-0.3, -0.25) is 14.4 Å². The summed E-state index contributed by atoms with van der Waals surface area (Å²) in [4.78, 5) is 40.1. The van der Waals surface area contributed by atoms with Crippen LogP contribution in [-0.4, -0.2) is 48.5 Å². The number of halogens is 1. The highest BCUT2D eigenvalue weighted by Gasteiger charge is 2.22. The summed E-state index contributed by atoms with van der Waals surface area (Å²) in [5.74, 6) is -0.808. The Hall–Kier alpha value is -2.97. The van der Waals surface area contributed by atoms with Gasteiger partial charge in [0.05, 0.1) is 5.56 Å². The molecule has 0 radical (unpaired) electrons. The molecule has 1 atom stereocenters. The van der Waals surface area contributed by atoms with E-state index >= 15 is 0 Å². The highest BCUT2D eigenvalue weighted by Crippen LogP contribution is 2.15. The number of hydrogen-bond donors (Lipinski definition) is 3. The van der Waals surface area contributed by atoms with Crippen molar-refractivity contribution in [3.8, 4) is 0 Å². The highest BCUT2D eigenvalue weighted by molar-refractivity contribution is 6.33. The number of aromatic nitrogens is 1. The SMILES string of the molecule is O=C(NCCNC(=O)C1CCCO1)c1ccc(NC(=O)c2cccnc2Cl)cc1. The van der Waals surface area contributed by atoms with E-state index in [-0.39, 0.29) is 34.5 Å². The standard InChI is InChI=1S/C20H21ClN4O4/c21-17-15(3-1-9-22-17)19(27)25-14-7-5-13(6-8-14)18(26)23-10-11-24-20(28)16-4-2-12-29-16/h1,3,5-9,16H,2,4,10-12H2,(H,23,26)(H,24,28)(H,25,27). The maximum Gasteiger partial charge on any atom is 0.258 e. The fourth-order valence-corrected chi connectivity index (χ4v) is 3.03. The van der Waals surface area contributed by atoms with Crippen LogP contribution in [0.2, 0.25) is 5.15 Å². The number of ether oxygens (including phenoxy) is 1. The van der Waals surface area contributed by atoms with Crippen LogP contribution in [0.1, 0.15) is 33.6 Å². The Morgan fingerprint density at radius 1 is 1.07 bits per heavy atom. The van der Waals surface area contributed by atoms with E-state index < -0.39 is 0 Å². The van der Waals surface area contributed by atoms with Crippen LogP contribution in [0.15, 0.2) is 42.6 Å². The van der Waals surface area contributed by atoms with E-state index in [1.165, 1.54) is 6.20 Å². The predicted molar refractivity (Wildman–Crippen MR) is 108 cm³/mol. The molecule has 1 aromatic heterocycles. The molecular weight excluding hydrogens is 396 g/mol. The molecule has 1 aliphatic rings. The zero-order valence-electron chi connectivity index (χ0n) is 15.6. The first-order chi connectivity index (χ1) is 14.0. The molecule has 1 aromatic carbocycles. The minimum absolute atomic E-state index is 0.118. The van der Waals surface area contributed by atoms with Crippen molar-refractivity contribution < 1.29 is 19.1 Å². The molecule has 2 heterocycles. The third-order valence-electron chi connectivity index (χ3n) is 4.34. The molecule has 0 saturated carbocycles. The smallest absolute Gasteiger partial charge is 0.258 e. The van der Waals surface area contributed by atoms with Crippen LogP contribution in [0.3, 0.4) is 0 Å². The second-order valence-electron chi connectivity index (χ2n) is 6.42. The van der Waals surface area contributed by atoms with Crippen molar-refractivity contribution >= 4 is 35.0 Å². The van der Waals surface area contributed by atoms with Gasteiger partial charge in [-0.2, -0.15) is 0 Å². The molecular formula is C20H21ClN4O4. The Labute approximate surface area is 173 Å². The van der Waals surface area contributed by atoms with E-state index in [1.54, 1.807) is 36.4 Å². The van der Waals surface area contributed by atoms with Crippen LogP contribution in [0.5, 0.6) is 0 Å². The fourth-order valence-electron chi connectivity index (χ4n) is 2.82. The van der Waals surface area contributed by atoms with Crippen molar-refractivity contribution in [3.05, 3.63) is 58.9 Å². The number of pyridine rings is 1. The summed E-state index contributed by atoms with van der Waals surface area (Å²) >= 11 is 5.91. The zero-order valence-corrected chi connectivity index (χ0v) is 16.4. The van der Waals surface area contributed by atoms with E-state index in [9.17, 15) is 14.4 Å². The van der Waals surface area contributed by atoms with Gasteiger partial charge in [0.2, 0.25) is 5.91 Å². The van der Waals surface area contributed by atoms with E-state index in [4.69, 9.17) is 16.3 Å². The van der Waals surface area contributed by atoms with Gasteiger partial charge in [-0.25, -0.2) is 4.98 Å². The maximum atomic E-state index is 12.2. The molecule has 8 nitrogen and oxygen atoms in total. The van der Waals surface area contributed by atoms with Gasteiger partial charge >= 0.3 is 0 Å². The summed E-state index contributed by atoms with van der Waals surface area (Å²) < 4.78 is 5.30. The van der Waals surface area contributed by atoms with E-state index in [0.29, 0.717) is 30.9 Å². The predicted octanol–water partition coefficient (Wildman–Crippen LogP) is 2.01. The van der Waals surface area contributed by atoms with Gasteiger partial charge in [-0.05, 0) is 49.2 Å². The number of carbonyl (C=O) groups is 3. The Morgan fingerprint density at radius 3 is 2.52 bits per heavy atom. The van der Waals surface area contributed by atoms with Gasteiger partial charge in [0.15, 0.2) is 0 Å². The minimum Gasteiger partial charge on any atom is -0.368 e. The Morgan fingerprint density at radius 2 is 1.83 bits per heavy atom. The largest absolute Gasteiger partial charge is 0.368 e. The number of nitrogens with zero attached hydrogens (tertiary/aromatic N) is 1. The van der Waals surface area contributed by atoms with Crippen molar-refractivity contribution in [2.24, 2.45) is 0 Å². The van der Waals surface area contributed by atoms with Gasteiger partial charge in [-0.15, -0.1) is 0 Å². The second-order valence-corrected chi connectivity index (χ2v) is 6.78. The molecule has 9 heteroatoms. The first-order valence-corrected chi connectivity index (χ1v) is 9.62. The molecule has 3 rings (SSSR count). The number of rotatable bonds is 7. The summed E-state index contributed by atoms with van der Waals surface area (Å²) in [6, 6.07) is 9.63. The molecule has 0 aliphatic carbocycles. The lowest BCUT2D eigenvalue weighted by Gasteiger charge is -2.11. The average molecular weight is 417 g/mol. The molecule has 1 saturated heterocycles. The lowest BCUT2D eigenvalue weighted by atomic mass is 10.2. The van der Waals surface area contributed by atoms with Crippen LogP contribution in [-0.2, 0) is 9.53 Å². The minimum atomic E-state index is -0.387. The van der Waals surface area contributed by atoms with Crippen molar-refractivity contribution in [2.75, 3.05) is 25.0 Å². The molecule has 3 N–H and O–H groups in total. The Bertz CT molecular complexity index is 882. The van der Waals surface area contributed by atoms with Crippen LogP contribution >= 0.6 is 11.6 Å². The second kappa shape index (κ2) is 9.99. The zero-order chi connectivity index (χ0) is 20.6. The number of benzene rings is 1. The number of carbonyl (C=O) groups excluding carboxylic acids is 3. The fraction of sp³-hybridized carbons (Fsp3) is 0.300. The summed E-state index contributed by atoms with van der Waals surface area (Å²) in [6.45, 7) is 1.24. The van der Waals surface area contributed by atoms with E-state index in [2.05, 4.69) is 20.9 Å². The van der Waals surface area contributed by atoms with Crippen molar-refractivity contribution in [1.82, 2.24) is 15.6 Å². The van der Waals surface area contributed by atoms with Crippen molar-refractivity contribution in [2.45, 2.75) is 18.9 Å². The summed E-state index contributed by atoms with van der Waals surface area (Å²) in [7, 11) is 0. The molecule has 1 aliphatic heterocycles. The van der Waals surface area contributed by atoms with Gasteiger partial charge in [-0.1, -0.05) is 11.6 Å². The lowest BCUT2D eigenvalue weighted by molar-refractivity contribution is -0.129. The molecule has 0 spiro atoms. The first kappa shape index (κ1) is 20.8. The lowest BCUT2D eigenvalue weighted by Crippen LogP contribution is -2.39. The summed E-state index contributed by atoms with van der Waals surface area (Å²) in [6.07, 6.45) is 2.74. The number of nitrogens with one attached hydrogen (secondary N) is 3. The summed E-state index contributed by atoms with van der Waals surface area (Å²) in [5, 5.41) is 8.29. The molecule has 29 heavy (non-hydrogen) atoms. The Balaban J connectivity index is 1.44. The normalized spacial score (nSPS) is 15.6. The summed E-state index contributed by atoms with van der Waals surface area (Å²) in [5.41, 5.74) is 1.23. The molecule has 1 unspecified atom stereocenters. The molecule has 3 amide bonds. The number of amides is 3. The monoisotopic (exact) mass is 416 g/mol. The molecule has 1 fully saturated rings. The van der Waals surface area contributed by atoms with Crippen LogP contribution in [0.4, 0.5) is 5.69 Å². The quantitative estimate of drug-likeness (QED) is 0.472. The molecule has 2 aromatic rings. The molecule has 152 valence electrons. The van der Waals surface area contributed by atoms with Gasteiger partial charge in [0.1, 0.15) is 11.3 Å². The maximum absolute atomic E-state index is 12.2. The van der Waals surface area contributed by atoms with Crippen molar-refractivity contribution in [3.63, 3.8) is 0 Å². The first-order valence-electron chi connectivity index (χ1n) is 9.24. The highest BCUT2D eigenvalue weighted by atomic mass is 35.5. The van der Waals surface area contributed by atoms with Crippen LogP contribution in [0.25, 0.3) is 0 Å². The third-order valence-corrected chi connectivity index (χ3v) is 4.64. The number of anilines is 1. The average Bonchev–Trinajstić information content (AvgIpc) is 3.27. The van der Waals surface area contributed by atoms with Crippen LogP contribution < -0.4 is 16.0 Å². The van der Waals surface area contributed by atoms with E-state index in [0.717, 1.165) is 12.8 Å². The van der Waals surface area contributed by atoms with Gasteiger partial charge in [0, 0.05) is 37.1 Å². The van der Waals surface area contributed by atoms with Gasteiger partial charge in [0.25, 0.3) is 11.8 Å². The van der Waals surface area contributed by atoms with Crippen LogP contribution in [0, 0.1) is 0 Å². The molecule has 0 bridgehead atoms. The van der Waals surface area contributed by atoms with Crippen molar-refractivity contribution in [1.29, 1.82) is 0 Å².